The first-order valence-electron chi connectivity index (χ1n) is 6.88. The third-order valence-corrected chi connectivity index (χ3v) is 3.57. The number of carbonyl (C=O) groups is 1. The van der Waals surface area contributed by atoms with Gasteiger partial charge in [-0.1, -0.05) is 30.3 Å². The molecule has 1 aromatic carbocycles. The number of hydrogen-bond donors (Lipinski definition) is 3. The average molecular weight is 262 g/mol. The van der Waals surface area contributed by atoms with Crippen LogP contribution in [0.15, 0.2) is 30.3 Å². The summed E-state index contributed by atoms with van der Waals surface area (Å²) in [7, 11) is 0. The van der Waals surface area contributed by atoms with Crippen LogP contribution in [-0.4, -0.2) is 36.8 Å². The topological polar surface area (TPSA) is 61.4 Å². The van der Waals surface area contributed by atoms with E-state index in [0.29, 0.717) is 13.0 Å². The molecule has 2 atom stereocenters. The Balaban J connectivity index is 1.92. The van der Waals surface area contributed by atoms with Crippen molar-refractivity contribution in [3.05, 3.63) is 35.9 Å². The van der Waals surface area contributed by atoms with E-state index >= 15 is 0 Å². The maximum atomic E-state index is 11.8. The van der Waals surface area contributed by atoms with Gasteiger partial charge in [-0.2, -0.15) is 0 Å². The molecule has 2 rings (SSSR count). The number of aliphatic hydroxyl groups is 1. The minimum atomic E-state index is -0.368. The largest absolute Gasteiger partial charge is 0.393 e. The van der Waals surface area contributed by atoms with E-state index in [1.54, 1.807) is 6.92 Å². The number of nitrogens with one attached hydrogen (secondary N) is 2. The van der Waals surface area contributed by atoms with Gasteiger partial charge in [-0.25, -0.2) is 0 Å². The first-order valence-corrected chi connectivity index (χ1v) is 6.88. The molecule has 0 aromatic heterocycles. The molecule has 4 heteroatoms. The van der Waals surface area contributed by atoms with E-state index in [-0.39, 0.29) is 23.8 Å². The molecule has 1 fully saturated rings. The first kappa shape index (κ1) is 14.0. The van der Waals surface area contributed by atoms with Crippen LogP contribution in [0, 0.1) is 5.92 Å². The van der Waals surface area contributed by atoms with E-state index in [0.717, 1.165) is 18.7 Å². The van der Waals surface area contributed by atoms with Gasteiger partial charge in [-0.3, -0.25) is 4.79 Å². The van der Waals surface area contributed by atoms with Crippen LogP contribution in [-0.2, 0) is 4.79 Å². The zero-order valence-corrected chi connectivity index (χ0v) is 11.3. The van der Waals surface area contributed by atoms with Crippen LogP contribution in [0.4, 0.5) is 0 Å². The van der Waals surface area contributed by atoms with E-state index in [1.807, 2.05) is 30.3 Å². The van der Waals surface area contributed by atoms with Crippen molar-refractivity contribution in [2.75, 3.05) is 19.6 Å². The molecule has 1 aliphatic heterocycles. The van der Waals surface area contributed by atoms with Gasteiger partial charge >= 0.3 is 0 Å². The van der Waals surface area contributed by atoms with Crippen molar-refractivity contribution in [3.8, 4) is 0 Å². The molecule has 1 aromatic rings. The van der Waals surface area contributed by atoms with Crippen LogP contribution < -0.4 is 10.6 Å². The summed E-state index contributed by atoms with van der Waals surface area (Å²) in [5.41, 5.74) is 1.16. The molecular formula is C15H22N2O2. The number of hydrogen-bond acceptors (Lipinski definition) is 3. The molecule has 1 saturated heterocycles. The summed E-state index contributed by atoms with van der Waals surface area (Å²) in [5, 5.41) is 15.7. The Morgan fingerprint density at radius 3 is 2.63 bits per heavy atom. The maximum Gasteiger partial charge on any atom is 0.225 e. The fourth-order valence-electron chi connectivity index (χ4n) is 2.32. The number of benzene rings is 1. The van der Waals surface area contributed by atoms with Crippen LogP contribution >= 0.6 is 0 Å². The first-order chi connectivity index (χ1) is 9.16. The summed E-state index contributed by atoms with van der Waals surface area (Å²) in [6, 6.07) is 10.0. The van der Waals surface area contributed by atoms with Gasteiger partial charge < -0.3 is 15.7 Å². The van der Waals surface area contributed by atoms with Gasteiger partial charge in [-0.15, -0.1) is 0 Å². The molecule has 19 heavy (non-hydrogen) atoms. The van der Waals surface area contributed by atoms with Crippen molar-refractivity contribution >= 4 is 5.91 Å². The second kappa shape index (κ2) is 6.68. The summed E-state index contributed by atoms with van der Waals surface area (Å²) < 4.78 is 0. The lowest BCUT2D eigenvalue weighted by Crippen LogP contribution is -2.51. The molecule has 0 saturated carbocycles. The SMILES string of the molecule is CC(O)CC(CNC(=O)C1CNC1)c1ccccc1. The standard InChI is InChI=1S/C15H22N2O2/c1-11(18)7-13(12-5-3-2-4-6-12)10-17-15(19)14-8-16-9-14/h2-6,11,13-14,16,18H,7-10H2,1H3,(H,17,19). The van der Waals surface area contributed by atoms with Gasteiger partial charge in [0.15, 0.2) is 0 Å². The normalized spacial score (nSPS) is 18.4. The van der Waals surface area contributed by atoms with E-state index in [9.17, 15) is 9.90 Å². The zero-order chi connectivity index (χ0) is 13.7. The van der Waals surface area contributed by atoms with Crippen molar-refractivity contribution in [2.24, 2.45) is 5.92 Å². The lowest BCUT2D eigenvalue weighted by atomic mass is 9.93. The number of carbonyl (C=O) groups excluding carboxylic acids is 1. The van der Waals surface area contributed by atoms with Crippen LogP contribution in [0.1, 0.15) is 24.8 Å². The van der Waals surface area contributed by atoms with Gasteiger partial charge in [0.2, 0.25) is 5.91 Å². The van der Waals surface area contributed by atoms with Gasteiger partial charge in [-0.05, 0) is 18.9 Å². The van der Waals surface area contributed by atoms with Crippen LogP contribution in [0.25, 0.3) is 0 Å². The Morgan fingerprint density at radius 2 is 2.11 bits per heavy atom. The summed E-state index contributed by atoms with van der Waals surface area (Å²) in [4.78, 5) is 11.8. The van der Waals surface area contributed by atoms with Crippen molar-refractivity contribution in [1.82, 2.24) is 10.6 Å². The molecule has 4 nitrogen and oxygen atoms in total. The quantitative estimate of drug-likeness (QED) is 0.713. The fraction of sp³-hybridized carbons (Fsp3) is 0.533. The number of rotatable bonds is 6. The van der Waals surface area contributed by atoms with Gasteiger partial charge in [0.1, 0.15) is 0 Å². The molecule has 0 spiro atoms. The second-order valence-electron chi connectivity index (χ2n) is 5.29. The highest BCUT2D eigenvalue weighted by Crippen LogP contribution is 2.20. The maximum absolute atomic E-state index is 11.8. The Labute approximate surface area is 114 Å². The van der Waals surface area contributed by atoms with E-state index in [2.05, 4.69) is 10.6 Å². The van der Waals surface area contributed by atoms with Crippen molar-refractivity contribution in [3.63, 3.8) is 0 Å². The number of amides is 1. The third kappa shape index (κ3) is 4.04. The molecule has 104 valence electrons. The summed E-state index contributed by atoms with van der Waals surface area (Å²) in [6.07, 6.45) is 0.292. The summed E-state index contributed by atoms with van der Waals surface area (Å²) >= 11 is 0. The lowest BCUT2D eigenvalue weighted by Gasteiger charge is -2.27. The minimum absolute atomic E-state index is 0.114. The van der Waals surface area contributed by atoms with E-state index in [1.165, 1.54) is 0 Å². The molecule has 1 heterocycles. The van der Waals surface area contributed by atoms with Gasteiger partial charge in [0.05, 0.1) is 12.0 Å². The molecule has 3 N–H and O–H groups in total. The Kier molecular flexibility index (Phi) is 4.93. The monoisotopic (exact) mass is 262 g/mol. The van der Waals surface area contributed by atoms with E-state index < -0.39 is 0 Å². The smallest absolute Gasteiger partial charge is 0.225 e. The predicted octanol–water partition coefficient (Wildman–Crippen LogP) is 0.877. The van der Waals surface area contributed by atoms with Crippen molar-refractivity contribution in [1.29, 1.82) is 0 Å². The number of aliphatic hydroxyl groups excluding tert-OH is 1. The van der Waals surface area contributed by atoms with Crippen LogP contribution in [0.5, 0.6) is 0 Å². The molecule has 0 radical (unpaired) electrons. The fourth-order valence-corrected chi connectivity index (χ4v) is 2.32. The highest BCUT2D eigenvalue weighted by atomic mass is 16.3. The van der Waals surface area contributed by atoms with Crippen molar-refractivity contribution < 1.29 is 9.90 Å². The highest BCUT2D eigenvalue weighted by molar-refractivity contribution is 5.80. The van der Waals surface area contributed by atoms with Crippen LogP contribution in [0.2, 0.25) is 0 Å². The van der Waals surface area contributed by atoms with Gasteiger partial charge in [0.25, 0.3) is 0 Å². The molecule has 1 amide bonds. The zero-order valence-electron chi connectivity index (χ0n) is 11.3. The molecule has 2 unspecified atom stereocenters. The summed E-state index contributed by atoms with van der Waals surface area (Å²) in [5.74, 6) is 0.395. The molecule has 1 aliphatic rings. The van der Waals surface area contributed by atoms with Crippen molar-refractivity contribution in [2.45, 2.75) is 25.4 Å². The molecule has 0 aliphatic carbocycles. The molecule has 0 bridgehead atoms. The highest BCUT2D eigenvalue weighted by Gasteiger charge is 2.25. The van der Waals surface area contributed by atoms with E-state index in [4.69, 9.17) is 0 Å². The van der Waals surface area contributed by atoms with Crippen LogP contribution in [0.3, 0.4) is 0 Å². The second-order valence-corrected chi connectivity index (χ2v) is 5.29. The summed E-state index contributed by atoms with van der Waals surface area (Å²) in [6.45, 7) is 3.92. The predicted molar refractivity (Wildman–Crippen MR) is 74.9 cm³/mol. The Morgan fingerprint density at radius 1 is 1.42 bits per heavy atom. The lowest BCUT2D eigenvalue weighted by molar-refractivity contribution is -0.126. The Bertz CT molecular complexity index is 402. The molecular weight excluding hydrogens is 240 g/mol. The average Bonchev–Trinajstić information content (AvgIpc) is 2.33. The van der Waals surface area contributed by atoms with Gasteiger partial charge in [0, 0.05) is 25.6 Å². The third-order valence-electron chi connectivity index (χ3n) is 3.57. The Hall–Kier alpha value is -1.39. The minimum Gasteiger partial charge on any atom is -0.393 e.